The first kappa shape index (κ1) is 38.1. The lowest BCUT2D eigenvalue weighted by atomic mass is 9.92. The van der Waals surface area contributed by atoms with E-state index in [-0.39, 0.29) is 24.8 Å². The number of carbonyl (C=O) groups excluding carboxylic acids is 2. The van der Waals surface area contributed by atoms with Crippen LogP contribution in [0, 0.1) is 13.8 Å². The number of fused-ring (bicyclic) bond motifs is 8. The van der Waals surface area contributed by atoms with E-state index in [1.807, 2.05) is 18.2 Å². The Morgan fingerprint density at radius 3 is 1.52 bits per heavy atom. The summed E-state index contributed by atoms with van der Waals surface area (Å²) in [5.74, 6) is 0.834. The first-order valence-corrected chi connectivity index (χ1v) is 18.5. The quantitative estimate of drug-likeness (QED) is 0.146. The number of nitrogens with one attached hydrogen (secondary N) is 2. The van der Waals surface area contributed by atoms with Crippen molar-refractivity contribution in [2.45, 2.75) is 80.1 Å². The molecule has 2 aliphatic heterocycles. The van der Waals surface area contributed by atoms with Crippen LogP contribution >= 0.6 is 0 Å². The van der Waals surface area contributed by atoms with Crippen molar-refractivity contribution < 1.29 is 28.5 Å². The average molecular weight is 731 g/mol. The number of aryl methyl sites for hydroxylation is 4. The van der Waals surface area contributed by atoms with Crippen LogP contribution in [0.2, 0.25) is 0 Å². The fourth-order valence-corrected chi connectivity index (χ4v) is 7.82. The number of hydrogen-bond donors (Lipinski definition) is 2. The van der Waals surface area contributed by atoms with Crippen molar-refractivity contribution in [1.82, 2.24) is 19.9 Å². The van der Waals surface area contributed by atoms with Gasteiger partial charge in [0.2, 0.25) is 0 Å². The number of ether oxygens (including phenoxy) is 4. The Morgan fingerprint density at radius 1 is 0.630 bits per heavy atom. The van der Waals surface area contributed by atoms with Gasteiger partial charge in [-0.05, 0) is 134 Å². The Hall–Kier alpha value is -5.64. The smallest absolute Gasteiger partial charge is 0.305 e. The van der Waals surface area contributed by atoms with Crippen LogP contribution in [0.1, 0.15) is 98.4 Å². The van der Waals surface area contributed by atoms with Crippen molar-refractivity contribution in [2.75, 3.05) is 28.4 Å². The molecule has 282 valence electrons. The molecule has 0 unspecified atom stereocenters. The van der Waals surface area contributed by atoms with E-state index in [9.17, 15) is 9.59 Å². The van der Waals surface area contributed by atoms with Crippen molar-refractivity contribution in [2.24, 2.45) is 0 Å². The van der Waals surface area contributed by atoms with Gasteiger partial charge >= 0.3 is 11.9 Å². The van der Waals surface area contributed by atoms with E-state index < -0.39 is 0 Å². The minimum atomic E-state index is -0.275. The summed E-state index contributed by atoms with van der Waals surface area (Å²) >= 11 is 0. The summed E-state index contributed by atoms with van der Waals surface area (Å²) in [4.78, 5) is 43.0. The van der Waals surface area contributed by atoms with Crippen molar-refractivity contribution >= 4 is 56.3 Å². The molecule has 1 aromatic carbocycles. The van der Waals surface area contributed by atoms with E-state index in [4.69, 9.17) is 28.9 Å². The lowest BCUT2D eigenvalue weighted by Crippen LogP contribution is -2.02. The summed E-state index contributed by atoms with van der Waals surface area (Å²) in [6.07, 6.45) is 2.96. The first-order valence-electron chi connectivity index (χ1n) is 18.5. The molecule has 8 bridgehead atoms. The topological polar surface area (TPSA) is 128 Å². The van der Waals surface area contributed by atoms with Gasteiger partial charge in [-0.3, -0.25) is 9.59 Å². The van der Waals surface area contributed by atoms with Crippen molar-refractivity contribution in [3.05, 3.63) is 81.4 Å². The van der Waals surface area contributed by atoms with Crippen LogP contribution in [0.15, 0.2) is 36.4 Å². The van der Waals surface area contributed by atoms with E-state index in [0.717, 1.165) is 113 Å². The number of H-pyrrole nitrogens is 2. The molecule has 0 saturated carbocycles. The number of benzene rings is 1. The summed E-state index contributed by atoms with van der Waals surface area (Å²) in [5, 5.41) is 0. The molecule has 0 radical (unpaired) electrons. The summed E-state index contributed by atoms with van der Waals surface area (Å²) < 4.78 is 21.8. The molecule has 5 heterocycles. The van der Waals surface area contributed by atoms with Crippen LogP contribution in [0.3, 0.4) is 0 Å². The van der Waals surface area contributed by atoms with Gasteiger partial charge in [0, 0.05) is 46.0 Å². The molecule has 0 aliphatic carbocycles. The summed E-state index contributed by atoms with van der Waals surface area (Å²) in [6.45, 7) is 12.7. The normalized spacial score (nSPS) is 12.7. The second kappa shape index (κ2) is 15.8. The van der Waals surface area contributed by atoms with Gasteiger partial charge in [-0.2, -0.15) is 0 Å². The molecule has 10 heteroatoms. The van der Waals surface area contributed by atoms with Crippen LogP contribution in [0.4, 0.5) is 0 Å². The third kappa shape index (κ3) is 6.93. The molecular weight excluding hydrogens is 681 g/mol. The van der Waals surface area contributed by atoms with Gasteiger partial charge in [0.25, 0.3) is 0 Å². The van der Waals surface area contributed by atoms with E-state index in [0.29, 0.717) is 24.3 Å². The lowest BCUT2D eigenvalue weighted by Gasteiger charge is -2.15. The molecule has 2 aliphatic rings. The van der Waals surface area contributed by atoms with Gasteiger partial charge in [0.05, 0.1) is 51.2 Å². The number of nitrogens with zero attached hydrogens (tertiary/aromatic N) is 2. The number of hydrogen-bond acceptors (Lipinski definition) is 8. The SMILES string of the molecule is CCC1=C(C)c2nc1cc1[nH]c(cc3[nH]c(cc4nc(c2-c2cc(OC)ccc2OC)C(C)=C4CC)c(C)c3CCC(=O)OC)c(CCC(=O)OC)c1C. The molecule has 4 aromatic rings. The highest BCUT2D eigenvalue weighted by Gasteiger charge is 2.28. The van der Waals surface area contributed by atoms with Crippen molar-refractivity contribution in [3.8, 4) is 22.6 Å². The van der Waals surface area contributed by atoms with E-state index in [2.05, 4.69) is 69.7 Å². The fourth-order valence-electron chi connectivity index (χ4n) is 7.82. The predicted octanol–water partition coefficient (Wildman–Crippen LogP) is 9.51. The number of allylic oxidation sites excluding steroid dienone is 4. The molecule has 10 nitrogen and oxygen atoms in total. The Kier molecular flexibility index (Phi) is 11.1. The molecule has 0 fully saturated rings. The predicted molar refractivity (Wildman–Crippen MR) is 215 cm³/mol. The third-order valence-corrected chi connectivity index (χ3v) is 10.9. The summed E-state index contributed by atoms with van der Waals surface area (Å²) in [5.41, 5.74) is 17.1. The van der Waals surface area contributed by atoms with Gasteiger partial charge in [-0.1, -0.05) is 13.8 Å². The summed E-state index contributed by atoms with van der Waals surface area (Å²) in [6, 6.07) is 12.1. The van der Waals surface area contributed by atoms with Crippen LogP contribution < -0.4 is 9.47 Å². The van der Waals surface area contributed by atoms with Gasteiger partial charge in [0.1, 0.15) is 11.5 Å². The third-order valence-electron chi connectivity index (χ3n) is 10.9. The minimum Gasteiger partial charge on any atom is -0.497 e. The number of rotatable bonds is 11. The largest absolute Gasteiger partial charge is 0.497 e. The molecule has 0 saturated heterocycles. The maximum absolute atomic E-state index is 12.4. The highest BCUT2D eigenvalue weighted by Crippen LogP contribution is 2.46. The zero-order valence-electron chi connectivity index (χ0n) is 33.1. The zero-order valence-corrected chi connectivity index (χ0v) is 33.1. The Labute approximate surface area is 316 Å². The Morgan fingerprint density at radius 2 is 1.11 bits per heavy atom. The van der Waals surface area contributed by atoms with Gasteiger partial charge in [-0.25, -0.2) is 9.97 Å². The molecule has 3 aromatic heterocycles. The van der Waals surface area contributed by atoms with Crippen molar-refractivity contribution in [3.63, 3.8) is 0 Å². The fraction of sp³-hybridized carbons (Fsp3) is 0.364. The zero-order chi connectivity index (χ0) is 38.8. The standard InChI is InChI=1S/C44H50N4O6/c1-11-28-25(5)43-42(32-19-27(51-7)13-16-39(32)52-8)44-26(6)29(12-2)36(48-44)21-34-24(4)31(15-18-41(50)54-10)38(46-34)22-37-30(14-17-40(49)53-9)23(3)33(45-37)20-35(28)47-43/h13,16,19-22,45-46H,11-12,14-15,17-18H2,1-10H3. The van der Waals surface area contributed by atoms with Crippen LogP contribution in [0.25, 0.3) is 55.5 Å². The monoisotopic (exact) mass is 730 g/mol. The van der Waals surface area contributed by atoms with E-state index in [1.165, 1.54) is 14.2 Å². The Bertz CT molecular complexity index is 2260. The van der Waals surface area contributed by atoms with Crippen LogP contribution in [-0.4, -0.2) is 60.3 Å². The first-order chi connectivity index (χ1) is 26.0. The van der Waals surface area contributed by atoms with E-state index in [1.54, 1.807) is 14.2 Å². The number of methoxy groups -OCH3 is 4. The second-order valence-corrected chi connectivity index (χ2v) is 13.7. The molecular formula is C44H50N4O6. The minimum absolute atomic E-state index is 0.232. The molecule has 54 heavy (non-hydrogen) atoms. The summed E-state index contributed by atoms with van der Waals surface area (Å²) in [7, 11) is 6.16. The molecule has 0 atom stereocenters. The maximum Gasteiger partial charge on any atom is 0.305 e. The number of carbonyl (C=O) groups is 2. The molecule has 2 N–H and O–H groups in total. The number of aromatic amines is 2. The van der Waals surface area contributed by atoms with Crippen LogP contribution in [-0.2, 0) is 31.9 Å². The van der Waals surface area contributed by atoms with Gasteiger partial charge in [-0.15, -0.1) is 0 Å². The van der Waals surface area contributed by atoms with Gasteiger partial charge < -0.3 is 28.9 Å². The van der Waals surface area contributed by atoms with E-state index >= 15 is 0 Å². The number of aromatic nitrogens is 4. The maximum atomic E-state index is 12.4. The van der Waals surface area contributed by atoms with Crippen LogP contribution in [0.5, 0.6) is 11.5 Å². The highest BCUT2D eigenvalue weighted by molar-refractivity contribution is 6.03. The lowest BCUT2D eigenvalue weighted by molar-refractivity contribution is -0.141. The molecule has 6 rings (SSSR count). The average Bonchev–Trinajstić information content (AvgIpc) is 3.85. The second-order valence-electron chi connectivity index (χ2n) is 13.7. The number of esters is 2. The van der Waals surface area contributed by atoms with Crippen molar-refractivity contribution in [1.29, 1.82) is 0 Å². The Balaban J connectivity index is 1.84. The van der Waals surface area contributed by atoms with Gasteiger partial charge in [0.15, 0.2) is 0 Å². The molecule has 0 amide bonds. The highest BCUT2D eigenvalue weighted by atomic mass is 16.5. The molecule has 0 spiro atoms.